The van der Waals surface area contributed by atoms with Crippen LogP contribution >= 0.6 is 0 Å². The Hall–Kier alpha value is -3.07. The Morgan fingerprint density at radius 1 is 1.02 bits per heavy atom. The van der Waals surface area contributed by atoms with Crippen molar-refractivity contribution in [2.45, 2.75) is 56.6 Å². The molecule has 1 aliphatic rings. The fourth-order valence-electron chi connectivity index (χ4n) is 4.04. The Bertz CT molecular complexity index is 1370. The number of hydrogen-bond acceptors (Lipinski definition) is 5. The lowest BCUT2D eigenvalue weighted by Gasteiger charge is -2.30. The van der Waals surface area contributed by atoms with Gasteiger partial charge < -0.3 is 14.7 Å². The van der Waals surface area contributed by atoms with E-state index >= 15 is 0 Å². The van der Waals surface area contributed by atoms with Gasteiger partial charge in [-0.2, -0.15) is 17.5 Å². The van der Waals surface area contributed by atoms with Crippen molar-refractivity contribution in [3.05, 3.63) is 47.5 Å². The molecule has 1 atom stereocenters. The van der Waals surface area contributed by atoms with Crippen molar-refractivity contribution < 1.29 is 53.8 Å². The van der Waals surface area contributed by atoms with E-state index in [4.69, 9.17) is 4.74 Å². The van der Waals surface area contributed by atoms with Crippen LogP contribution in [0.1, 0.15) is 39.2 Å². The molecule has 3 rings (SSSR count). The van der Waals surface area contributed by atoms with Crippen LogP contribution in [-0.2, 0) is 21.0 Å². The van der Waals surface area contributed by atoms with E-state index in [-0.39, 0.29) is 5.69 Å². The smallest absolute Gasteiger partial charge is 0.420 e. The number of hydrogen-bond donors (Lipinski definition) is 1. The molecule has 0 aliphatic carbocycles. The lowest BCUT2D eigenvalue weighted by molar-refractivity contribution is -0.148. The maximum atomic E-state index is 14.2. The highest BCUT2D eigenvalue weighted by Crippen LogP contribution is 2.46. The molecule has 2 aromatic carbocycles. The topological polar surface area (TPSA) is 87.2 Å². The minimum atomic E-state index is -5.14. The van der Waals surface area contributed by atoms with Crippen LogP contribution in [0.15, 0.2) is 35.2 Å². The third kappa shape index (κ3) is 6.79. The van der Waals surface area contributed by atoms with Gasteiger partial charge in [0.25, 0.3) is 0 Å². The zero-order valence-corrected chi connectivity index (χ0v) is 22.6. The summed E-state index contributed by atoms with van der Waals surface area (Å²) in [6.07, 6.45) is -6.36. The molecule has 0 fully saturated rings. The number of ether oxygens (including phenoxy) is 1. The average Bonchev–Trinajstić information content (AvgIpc) is 2.87. The summed E-state index contributed by atoms with van der Waals surface area (Å²) in [4.78, 5) is 11.6. The van der Waals surface area contributed by atoms with Crippen molar-refractivity contribution in [2.24, 2.45) is 5.41 Å². The summed E-state index contributed by atoms with van der Waals surface area (Å²) < 4.78 is 131. The lowest BCUT2D eigenvalue weighted by atomic mass is 9.95. The van der Waals surface area contributed by atoms with Crippen LogP contribution in [0.4, 0.5) is 42.1 Å². The molecule has 0 saturated heterocycles. The molecule has 0 unspecified atom stereocenters. The molecule has 0 saturated carbocycles. The second kappa shape index (κ2) is 10.7. The van der Waals surface area contributed by atoms with E-state index in [9.17, 15) is 49.1 Å². The van der Waals surface area contributed by atoms with Crippen molar-refractivity contribution in [1.82, 2.24) is 4.31 Å². The molecular formula is C25H27F7N2O5S. The van der Waals surface area contributed by atoms with E-state index in [0.29, 0.717) is 29.4 Å². The molecule has 2 aromatic rings. The highest BCUT2D eigenvalue weighted by atomic mass is 32.2. The van der Waals surface area contributed by atoms with E-state index in [0.717, 1.165) is 24.1 Å². The van der Waals surface area contributed by atoms with E-state index < -0.39 is 99.1 Å². The van der Waals surface area contributed by atoms with E-state index in [2.05, 4.69) is 0 Å². The van der Waals surface area contributed by atoms with Crippen molar-refractivity contribution in [1.29, 1.82) is 0 Å². The second-order valence-electron chi connectivity index (χ2n) is 10.3. The summed E-state index contributed by atoms with van der Waals surface area (Å²) in [6, 6.07) is 1.76. The summed E-state index contributed by atoms with van der Waals surface area (Å²) in [6.45, 7) is 1.69. The first-order valence-electron chi connectivity index (χ1n) is 11.8. The summed E-state index contributed by atoms with van der Waals surface area (Å²) in [5.41, 5.74) is -4.12. The Morgan fingerprint density at radius 3 is 2.10 bits per heavy atom. The van der Waals surface area contributed by atoms with Gasteiger partial charge in [0.2, 0.25) is 15.9 Å². The van der Waals surface area contributed by atoms with Crippen LogP contribution in [0.5, 0.6) is 5.75 Å². The van der Waals surface area contributed by atoms with Gasteiger partial charge >= 0.3 is 12.1 Å². The second-order valence-corrected chi connectivity index (χ2v) is 12.3. The third-order valence-electron chi connectivity index (χ3n) is 6.46. The van der Waals surface area contributed by atoms with Gasteiger partial charge in [-0.05, 0) is 45.4 Å². The maximum Gasteiger partial charge on any atom is 0.420 e. The summed E-state index contributed by atoms with van der Waals surface area (Å²) in [7, 11) is -3.64. The first kappa shape index (κ1) is 31.5. The van der Waals surface area contributed by atoms with Gasteiger partial charge in [0.05, 0.1) is 16.7 Å². The highest BCUT2D eigenvalue weighted by Gasteiger charge is 2.43. The number of alkyl halides is 5. The molecule has 0 spiro atoms. The number of benzene rings is 2. The molecule has 0 bridgehead atoms. The monoisotopic (exact) mass is 600 g/mol. The highest BCUT2D eigenvalue weighted by molar-refractivity contribution is 7.89. The number of likely N-dealkylation sites (N-methyl/N-ethyl adjacent to an activating group) is 1. The van der Waals surface area contributed by atoms with Gasteiger partial charge in [-0.15, -0.1) is 0 Å². The van der Waals surface area contributed by atoms with Crippen LogP contribution < -0.4 is 9.64 Å². The number of sulfonamides is 1. The standard InChI is InChI=1S/C25H27F7N2O5S/c1-23(2,22(35)36)13-39-20-11-21-19(10-18(20)25(30,31)32)34(17-8-14(26)7-15(27)9-17)12-16(5-6-24(3,28)29)33(4)40(21,37)38/h7-11,16H,5-6,12-13H2,1-4H3,(H,35,36)/t16-/m1/s1. The van der Waals surface area contributed by atoms with E-state index in [1.54, 1.807) is 0 Å². The largest absolute Gasteiger partial charge is 0.492 e. The van der Waals surface area contributed by atoms with Crippen LogP contribution in [0.25, 0.3) is 0 Å². The van der Waals surface area contributed by atoms with Gasteiger partial charge in [0.1, 0.15) is 28.9 Å². The molecule has 1 heterocycles. The van der Waals surface area contributed by atoms with Crippen LogP contribution in [0.3, 0.4) is 0 Å². The third-order valence-corrected chi connectivity index (χ3v) is 8.40. The Morgan fingerprint density at radius 2 is 1.60 bits per heavy atom. The summed E-state index contributed by atoms with van der Waals surface area (Å²) >= 11 is 0. The maximum absolute atomic E-state index is 14.2. The molecular weight excluding hydrogens is 573 g/mol. The predicted octanol–water partition coefficient (Wildman–Crippen LogP) is 6.05. The Kier molecular flexibility index (Phi) is 8.44. The first-order valence-corrected chi connectivity index (χ1v) is 13.3. The van der Waals surface area contributed by atoms with Crippen LogP contribution in [-0.4, -0.2) is 56.0 Å². The molecule has 15 heteroatoms. The van der Waals surface area contributed by atoms with Crippen LogP contribution in [0.2, 0.25) is 0 Å². The zero-order chi connectivity index (χ0) is 30.4. The number of nitrogens with zero attached hydrogens (tertiary/aromatic N) is 2. The fourth-order valence-corrected chi connectivity index (χ4v) is 5.60. The Labute approximate surface area is 226 Å². The fraction of sp³-hybridized carbons (Fsp3) is 0.480. The number of carboxylic acids is 1. The number of anilines is 2. The molecule has 0 amide bonds. The summed E-state index contributed by atoms with van der Waals surface area (Å²) in [5, 5.41) is 9.31. The molecule has 0 aromatic heterocycles. The van der Waals surface area contributed by atoms with Crippen molar-refractivity contribution in [3.8, 4) is 5.75 Å². The Balaban J connectivity index is 2.30. The van der Waals surface area contributed by atoms with E-state index in [1.165, 1.54) is 13.8 Å². The quantitative estimate of drug-likeness (QED) is 0.372. The van der Waals surface area contributed by atoms with Gasteiger partial charge in [0, 0.05) is 43.9 Å². The number of carbonyl (C=O) groups is 1. The minimum absolute atomic E-state index is 0.355. The number of aliphatic carboxylic acids is 1. The van der Waals surface area contributed by atoms with E-state index in [1.807, 2.05) is 0 Å². The molecule has 7 nitrogen and oxygen atoms in total. The predicted molar refractivity (Wildman–Crippen MR) is 130 cm³/mol. The molecule has 0 radical (unpaired) electrons. The molecule has 1 N–H and O–H groups in total. The van der Waals surface area contributed by atoms with Gasteiger partial charge in [-0.25, -0.2) is 26.0 Å². The average molecular weight is 601 g/mol. The van der Waals surface area contributed by atoms with Crippen molar-refractivity contribution >= 4 is 27.4 Å². The summed E-state index contributed by atoms with van der Waals surface area (Å²) in [5.74, 6) is -7.82. The molecule has 40 heavy (non-hydrogen) atoms. The first-order chi connectivity index (χ1) is 18.1. The number of fused-ring (bicyclic) bond motifs is 1. The van der Waals surface area contributed by atoms with Gasteiger partial charge in [-0.1, -0.05) is 0 Å². The van der Waals surface area contributed by atoms with Gasteiger partial charge in [-0.3, -0.25) is 4.79 Å². The molecule has 222 valence electrons. The zero-order valence-electron chi connectivity index (χ0n) is 21.8. The van der Waals surface area contributed by atoms with Crippen LogP contribution in [0, 0.1) is 17.0 Å². The number of rotatable bonds is 8. The SMILES string of the molecule is CN1[C@H](CCC(C)(F)F)CN(c2cc(F)cc(F)c2)c2cc(C(F)(F)F)c(OCC(C)(C)C(=O)O)cc2S1(=O)=O. The van der Waals surface area contributed by atoms with Crippen molar-refractivity contribution in [2.75, 3.05) is 25.1 Å². The lowest BCUT2D eigenvalue weighted by Crippen LogP contribution is -2.41. The molecule has 1 aliphatic heterocycles. The number of carboxylic acid groups (broad SMARTS) is 1. The van der Waals surface area contributed by atoms with Gasteiger partial charge in [0.15, 0.2) is 0 Å². The van der Waals surface area contributed by atoms with Crippen molar-refractivity contribution in [3.63, 3.8) is 0 Å². The minimum Gasteiger partial charge on any atom is -0.492 e. The normalized spacial score (nSPS) is 18.3. The number of halogens is 7.